The van der Waals surface area contributed by atoms with E-state index in [1.807, 2.05) is 30.3 Å². The van der Waals surface area contributed by atoms with Crippen LogP contribution in [0.1, 0.15) is 31.7 Å². The van der Waals surface area contributed by atoms with E-state index in [2.05, 4.69) is 24.0 Å². The van der Waals surface area contributed by atoms with Gasteiger partial charge in [0.15, 0.2) is 5.78 Å². The summed E-state index contributed by atoms with van der Waals surface area (Å²) in [4.78, 5) is 14.7. The van der Waals surface area contributed by atoms with Crippen molar-refractivity contribution in [2.24, 2.45) is 0 Å². The van der Waals surface area contributed by atoms with Crippen molar-refractivity contribution in [2.45, 2.75) is 38.3 Å². The fraction of sp³-hybridized carbons (Fsp3) is 0.364. The van der Waals surface area contributed by atoms with Gasteiger partial charge in [0, 0.05) is 24.4 Å². The molecule has 2 atom stereocenters. The van der Waals surface area contributed by atoms with Gasteiger partial charge in [0.2, 0.25) is 0 Å². The van der Waals surface area contributed by atoms with Gasteiger partial charge in [-0.2, -0.15) is 5.26 Å². The number of Topliss-reactive ketones (excluding diaryl/α,β-unsaturated/α-hetero) is 1. The molecule has 140 valence electrons. The van der Waals surface area contributed by atoms with E-state index in [-0.39, 0.29) is 30.8 Å². The fourth-order valence-corrected chi connectivity index (χ4v) is 3.41. The van der Waals surface area contributed by atoms with Crippen LogP contribution < -0.4 is 4.90 Å². The molecule has 0 amide bonds. The zero-order valence-corrected chi connectivity index (χ0v) is 15.4. The molecular formula is C22H24N2O3. The minimum atomic E-state index is -0.938. The Morgan fingerprint density at radius 1 is 1.37 bits per heavy atom. The van der Waals surface area contributed by atoms with Gasteiger partial charge in [-0.25, -0.2) is 0 Å². The van der Waals surface area contributed by atoms with Gasteiger partial charge < -0.3 is 15.1 Å². The molecule has 0 saturated carbocycles. The average Bonchev–Trinajstić information content (AvgIpc) is 2.69. The molecule has 1 aliphatic heterocycles. The Balaban J connectivity index is 1.99. The van der Waals surface area contributed by atoms with Crippen LogP contribution in [-0.2, 0) is 4.79 Å². The number of fused-ring (bicyclic) bond motifs is 1. The van der Waals surface area contributed by atoms with Crippen molar-refractivity contribution < 1.29 is 15.0 Å². The molecule has 0 aliphatic carbocycles. The molecule has 5 heteroatoms. The summed E-state index contributed by atoms with van der Waals surface area (Å²) in [6.07, 6.45) is 2.01. The summed E-state index contributed by atoms with van der Waals surface area (Å²) in [5.41, 5.74) is 1.99. The molecule has 0 radical (unpaired) electrons. The SMILES string of the molecule is CC1CCN1c1c(/C=C(\C#N)C(=O)CCC(O)CO)ccc2ccccc12. The minimum absolute atomic E-state index is 0.0319. The Morgan fingerprint density at radius 3 is 2.78 bits per heavy atom. The lowest BCUT2D eigenvalue weighted by Crippen LogP contribution is -2.46. The van der Waals surface area contributed by atoms with Gasteiger partial charge >= 0.3 is 0 Å². The third-order valence-corrected chi connectivity index (χ3v) is 5.17. The number of nitriles is 1. The summed E-state index contributed by atoms with van der Waals surface area (Å²) in [6.45, 7) is 2.74. The van der Waals surface area contributed by atoms with E-state index in [9.17, 15) is 15.2 Å². The largest absolute Gasteiger partial charge is 0.394 e. The van der Waals surface area contributed by atoms with E-state index >= 15 is 0 Å². The average molecular weight is 364 g/mol. The fourth-order valence-electron chi connectivity index (χ4n) is 3.41. The van der Waals surface area contributed by atoms with E-state index in [0.717, 1.165) is 35.0 Å². The number of allylic oxidation sites excluding steroid dienone is 1. The number of benzene rings is 2. The normalized spacial score (nSPS) is 18.1. The van der Waals surface area contributed by atoms with Gasteiger partial charge in [-0.1, -0.05) is 36.4 Å². The molecule has 0 spiro atoms. The van der Waals surface area contributed by atoms with E-state index in [1.165, 1.54) is 0 Å². The molecule has 2 aromatic rings. The van der Waals surface area contributed by atoms with Gasteiger partial charge in [0.1, 0.15) is 6.07 Å². The molecule has 5 nitrogen and oxygen atoms in total. The highest BCUT2D eigenvalue weighted by molar-refractivity contribution is 6.06. The smallest absolute Gasteiger partial charge is 0.173 e. The standard InChI is InChI=1S/C22H24N2O3/c1-15-10-11-24(15)22-17(7-6-16-4-2-3-5-20(16)22)12-18(13-23)21(27)9-8-19(26)14-25/h2-7,12,15,19,25-26H,8-11,14H2,1H3/b18-12+. The molecule has 2 unspecified atom stereocenters. The quantitative estimate of drug-likeness (QED) is 0.583. The van der Waals surface area contributed by atoms with Crippen LogP contribution in [0.25, 0.3) is 16.8 Å². The highest BCUT2D eigenvalue weighted by Crippen LogP contribution is 2.37. The molecule has 0 bridgehead atoms. The van der Waals surface area contributed by atoms with Gasteiger partial charge in [0.25, 0.3) is 0 Å². The van der Waals surface area contributed by atoms with Crippen molar-refractivity contribution in [3.05, 3.63) is 47.5 Å². The van der Waals surface area contributed by atoms with Gasteiger partial charge in [-0.15, -0.1) is 0 Å². The van der Waals surface area contributed by atoms with E-state index in [0.29, 0.717) is 6.04 Å². The molecule has 3 rings (SSSR count). The molecule has 2 aromatic carbocycles. The Hall–Kier alpha value is -2.68. The summed E-state index contributed by atoms with van der Waals surface area (Å²) in [5, 5.41) is 30.0. The third kappa shape index (κ3) is 4.02. The summed E-state index contributed by atoms with van der Waals surface area (Å²) in [6, 6.07) is 14.5. The highest BCUT2D eigenvalue weighted by atomic mass is 16.3. The Bertz CT molecular complexity index is 913. The molecule has 1 saturated heterocycles. The van der Waals surface area contributed by atoms with Crippen LogP contribution in [0.5, 0.6) is 0 Å². The van der Waals surface area contributed by atoms with Crippen LogP contribution in [0.4, 0.5) is 5.69 Å². The van der Waals surface area contributed by atoms with E-state index in [1.54, 1.807) is 6.08 Å². The minimum Gasteiger partial charge on any atom is -0.394 e. The first-order valence-electron chi connectivity index (χ1n) is 9.27. The first-order chi connectivity index (χ1) is 13.0. The van der Waals surface area contributed by atoms with Crippen molar-refractivity contribution >= 4 is 28.3 Å². The lowest BCUT2D eigenvalue weighted by molar-refractivity contribution is -0.115. The molecule has 1 aliphatic rings. The van der Waals surface area contributed by atoms with E-state index < -0.39 is 6.10 Å². The maximum atomic E-state index is 12.4. The summed E-state index contributed by atoms with van der Waals surface area (Å²) in [7, 11) is 0. The second kappa shape index (κ2) is 8.34. The lowest BCUT2D eigenvalue weighted by atomic mass is 9.95. The first-order valence-corrected chi connectivity index (χ1v) is 9.27. The molecule has 2 N–H and O–H groups in total. The molecular weight excluding hydrogens is 340 g/mol. The second-order valence-electron chi connectivity index (χ2n) is 7.02. The number of carbonyl (C=O) groups excluding carboxylic acids is 1. The number of ketones is 1. The molecule has 1 heterocycles. The number of anilines is 1. The van der Waals surface area contributed by atoms with E-state index in [4.69, 9.17) is 5.11 Å². The predicted molar refractivity (Wildman–Crippen MR) is 106 cm³/mol. The number of carbonyl (C=O) groups is 1. The Morgan fingerprint density at radius 2 is 2.15 bits per heavy atom. The maximum absolute atomic E-state index is 12.4. The third-order valence-electron chi connectivity index (χ3n) is 5.17. The van der Waals surface area contributed by atoms with Gasteiger partial charge in [0.05, 0.1) is 24.0 Å². The topological polar surface area (TPSA) is 84.6 Å². The highest BCUT2D eigenvalue weighted by Gasteiger charge is 2.27. The first kappa shape index (κ1) is 19.1. The number of hydrogen-bond acceptors (Lipinski definition) is 5. The van der Waals surface area contributed by atoms with Crippen molar-refractivity contribution in [3.8, 4) is 6.07 Å². The monoisotopic (exact) mass is 364 g/mol. The van der Waals surface area contributed by atoms with Crippen molar-refractivity contribution in [2.75, 3.05) is 18.1 Å². The summed E-state index contributed by atoms with van der Waals surface area (Å²) >= 11 is 0. The molecule has 1 fully saturated rings. The number of nitrogens with zero attached hydrogens (tertiary/aromatic N) is 2. The van der Waals surface area contributed by atoms with Crippen LogP contribution >= 0.6 is 0 Å². The van der Waals surface area contributed by atoms with Crippen molar-refractivity contribution in [1.82, 2.24) is 0 Å². The van der Waals surface area contributed by atoms with Crippen LogP contribution in [-0.4, -0.2) is 41.3 Å². The number of aliphatic hydroxyl groups excluding tert-OH is 2. The summed E-state index contributed by atoms with van der Waals surface area (Å²) in [5.74, 6) is -0.319. The van der Waals surface area contributed by atoms with Crippen molar-refractivity contribution in [3.63, 3.8) is 0 Å². The molecule has 27 heavy (non-hydrogen) atoms. The van der Waals surface area contributed by atoms with Crippen LogP contribution in [0, 0.1) is 11.3 Å². The Labute approximate surface area is 159 Å². The lowest BCUT2D eigenvalue weighted by Gasteiger charge is -2.42. The van der Waals surface area contributed by atoms with Crippen molar-refractivity contribution in [1.29, 1.82) is 5.26 Å². The van der Waals surface area contributed by atoms with Crippen LogP contribution in [0.2, 0.25) is 0 Å². The number of hydrogen-bond donors (Lipinski definition) is 2. The molecule has 0 aromatic heterocycles. The summed E-state index contributed by atoms with van der Waals surface area (Å²) < 4.78 is 0. The number of aliphatic hydroxyl groups is 2. The van der Waals surface area contributed by atoms with Gasteiger partial charge in [-0.05, 0) is 36.8 Å². The predicted octanol–water partition coefficient (Wildman–Crippen LogP) is 3.05. The van der Waals surface area contributed by atoms with Crippen LogP contribution in [0.15, 0.2) is 42.0 Å². The van der Waals surface area contributed by atoms with Gasteiger partial charge in [-0.3, -0.25) is 4.79 Å². The number of rotatable bonds is 7. The van der Waals surface area contributed by atoms with Crippen LogP contribution in [0.3, 0.4) is 0 Å². The zero-order valence-electron chi connectivity index (χ0n) is 15.4. The Kier molecular flexibility index (Phi) is 5.90. The maximum Gasteiger partial charge on any atom is 0.173 e. The second-order valence-corrected chi connectivity index (χ2v) is 7.02. The zero-order chi connectivity index (χ0) is 19.4.